The average Bonchev–Trinajstić information content (AvgIpc) is 3.11. The molecule has 0 aliphatic heterocycles. The molecule has 1 aliphatic rings. The summed E-state index contributed by atoms with van der Waals surface area (Å²) in [6.07, 6.45) is 2.25. The largest absolute Gasteiger partial charge is 0.493 e. The predicted octanol–water partition coefficient (Wildman–Crippen LogP) is 4.91. The lowest BCUT2D eigenvalue weighted by atomic mass is 9.82. The van der Waals surface area contributed by atoms with Crippen molar-refractivity contribution < 1.29 is 23.0 Å². The van der Waals surface area contributed by atoms with Gasteiger partial charge in [-0.05, 0) is 54.7 Å². The Balaban J connectivity index is 1.62. The Hall–Kier alpha value is -3.81. The van der Waals surface area contributed by atoms with Gasteiger partial charge in [-0.2, -0.15) is 5.10 Å². The molecular weight excluding hydrogens is 428 g/mol. The monoisotopic (exact) mass is 449 g/mol. The van der Waals surface area contributed by atoms with E-state index in [0.29, 0.717) is 40.4 Å². The zero-order valence-electron chi connectivity index (χ0n) is 18.4. The van der Waals surface area contributed by atoms with Gasteiger partial charge in [0.2, 0.25) is 0 Å². The molecule has 5 rings (SSSR count). The summed E-state index contributed by atoms with van der Waals surface area (Å²) in [5.74, 6) is -0.603. The highest BCUT2D eigenvalue weighted by Crippen LogP contribution is 2.37. The molecule has 0 amide bonds. The summed E-state index contributed by atoms with van der Waals surface area (Å²) in [4.78, 5) is 17.7. The molecule has 1 unspecified atom stereocenters. The number of benzene rings is 2. The topological polar surface area (TPSA) is 65.7 Å². The lowest BCUT2D eigenvalue weighted by Gasteiger charge is -2.23. The van der Waals surface area contributed by atoms with E-state index < -0.39 is 11.6 Å². The molecule has 33 heavy (non-hydrogen) atoms. The van der Waals surface area contributed by atoms with E-state index in [1.54, 1.807) is 24.9 Å². The van der Waals surface area contributed by atoms with E-state index in [0.717, 1.165) is 22.9 Å². The molecule has 4 aromatic rings. The molecule has 8 heteroatoms. The second-order valence-electron chi connectivity index (χ2n) is 8.13. The molecule has 0 saturated carbocycles. The number of ketones is 1. The predicted molar refractivity (Wildman–Crippen MR) is 118 cm³/mol. The third-order valence-electron chi connectivity index (χ3n) is 6.06. The summed E-state index contributed by atoms with van der Waals surface area (Å²) in [5, 5.41) is 4.56. The molecule has 2 heterocycles. The molecule has 2 aromatic heterocycles. The number of aromatic nitrogens is 3. The van der Waals surface area contributed by atoms with Gasteiger partial charge >= 0.3 is 0 Å². The number of Topliss-reactive ketones (excluding diaryl/α,β-unsaturated/α-hetero) is 1. The quantitative estimate of drug-likeness (QED) is 0.443. The lowest BCUT2D eigenvalue weighted by Crippen LogP contribution is -2.21. The summed E-state index contributed by atoms with van der Waals surface area (Å²) in [6, 6.07) is 8.95. The molecule has 0 spiro atoms. The smallest absolute Gasteiger partial charge is 0.166 e. The summed E-state index contributed by atoms with van der Waals surface area (Å²) >= 11 is 0. The van der Waals surface area contributed by atoms with Gasteiger partial charge in [0.05, 0.1) is 31.2 Å². The molecule has 1 atom stereocenters. The summed E-state index contributed by atoms with van der Waals surface area (Å²) < 4.78 is 39.9. The number of nitrogens with zero attached hydrogens (tertiary/aromatic N) is 3. The third kappa shape index (κ3) is 3.61. The van der Waals surface area contributed by atoms with E-state index in [9.17, 15) is 13.6 Å². The van der Waals surface area contributed by atoms with Crippen LogP contribution in [0.25, 0.3) is 16.8 Å². The number of aryl methyl sites for hydroxylation is 1. The van der Waals surface area contributed by atoms with Gasteiger partial charge in [0, 0.05) is 24.2 Å². The molecule has 0 bridgehead atoms. The van der Waals surface area contributed by atoms with E-state index in [-0.39, 0.29) is 18.1 Å². The van der Waals surface area contributed by atoms with Gasteiger partial charge in [0.1, 0.15) is 11.6 Å². The van der Waals surface area contributed by atoms with Crippen LogP contribution in [0, 0.1) is 18.6 Å². The standard InChI is InChI=1S/C25H21F2N3O3/c1-13-24(14-4-5-22(32-2)23(10-14)33-3)25-28-20-8-16(15-6-17(26)11-18(27)7-15)9-21(31)19(20)12-30(25)29-13/h4-7,10-12,16H,8-9H2,1-3H3. The number of rotatable bonds is 4. The molecule has 0 saturated heterocycles. The first kappa shape index (κ1) is 21.1. The SMILES string of the molecule is COc1ccc(-c2c(C)nn3cc4c(nc23)CC(c2cc(F)cc(F)c2)CC4=O)cc1OC. The summed E-state index contributed by atoms with van der Waals surface area (Å²) in [5.41, 5.74) is 4.53. The van der Waals surface area contributed by atoms with Gasteiger partial charge in [0.25, 0.3) is 0 Å². The molecule has 0 N–H and O–H groups in total. The Labute approximate surface area is 188 Å². The molecule has 0 fully saturated rings. The highest BCUT2D eigenvalue weighted by atomic mass is 19.1. The van der Waals surface area contributed by atoms with Crippen LogP contribution in [0.2, 0.25) is 0 Å². The first-order chi connectivity index (χ1) is 15.9. The first-order valence-corrected chi connectivity index (χ1v) is 10.5. The van der Waals surface area contributed by atoms with E-state index in [2.05, 4.69) is 5.10 Å². The first-order valence-electron chi connectivity index (χ1n) is 10.5. The van der Waals surface area contributed by atoms with Crippen molar-refractivity contribution in [3.63, 3.8) is 0 Å². The molecule has 0 radical (unpaired) electrons. The number of hydrogen-bond acceptors (Lipinski definition) is 5. The fourth-order valence-corrected chi connectivity index (χ4v) is 4.52. The lowest BCUT2D eigenvalue weighted by molar-refractivity contribution is 0.0962. The van der Waals surface area contributed by atoms with Gasteiger partial charge < -0.3 is 9.47 Å². The number of hydrogen-bond donors (Lipinski definition) is 0. The van der Waals surface area contributed by atoms with Crippen molar-refractivity contribution in [2.75, 3.05) is 14.2 Å². The Morgan fingerprint density at radius 2 is 1.73 bits per heavy atom. The normalized spacial score (nSPS) is 15.5. The van der Waals surface area contributed by atoms with Crippen LogP contribution in [-0.4, -0.2) is 34.6 Å². The Kier molecular flexibility index (Phi) is 5.08. The van der Waals surface area contributed by atoms with Crippen molar-refractivity contribution in [2.24, 2.45) is 0 Å². The second kappa shape index (κ2) is 7.95. The Morgan fingerprint density at radius 3 is 2.42 bits per heavy atom. The number of halogens is 2. The minimum Gasteiger partial charge on any atom is -0.493 e. The van der Waals surface area contributed by atoms with Crippen molar-refractivity contribution in [3.8, 4) is 22.6 Å². The van der Waals surface area contributed by atoms with E-state index >= 15 is 0 Å². The van der Waals surface area contributed by atoms with Crippen LogP contribution in [0.15, 0.2) is 42.6 Å². The molecule has 1 aliphatic carbocycles. The van der Waals surface area contributed by atoms with Gasteiger partial charge in [-0.3, -0.25) is 4.79 Å². The molecule has 6 nitrogen and oxygen atoms in total. The third-order valence-corrected chi connectivity index (χ3v) is 6.06. The maximum absolute atomic E-state index is 13.8. The number of methoxy groups -OCH3 is 2. The fourth-order valence-electron chi connectivity index (χ4n) is 4.52. The van der Waals surface area contributed by atoms with E-state index in [1.165, 1.54) is 12.1 Å². The highest BCUT2D eigenvalue weighted by molar-refractivity contribution is 5.99. The van der Waals surface area contributed by atoms with Crippen molar-refractivity contribution >= 4 is 11.4 Å². The van der Waals surface area contributed by atoms with Crippen LogP contribution >= 0.6 is 0 Å². The Morgan fingerprint density at radius 1 is 1.00 bits per heavy atom. The molecule has 168 valence electrons. The van der Waals surface area contributed by atoms with Crippen LogP contribution in [-0.2, 0) is 6.42 Å². The van der Waals surface area contributed by atoms with Crippen LogP contribution < -0.4 is 9.47 Å². The average molecular weight is 449 g/mol. The summed E-state index contributed by atoms with van der Waals surface area (Å²) in [7, 11) is 3.14. The van der Waals surface area contributed by atoms with E-state index in [4.69, 9.17) is 14.5 Å². The molecule has 2 aromatic carbocycles. The minimum absolute atomic E-state index is 0.124. The number of carbonyl (C=O) groups excluding carboxylic acids is 1. The van der Waals surface area contributed by atoms with Crippen LogP contribution in [0.5, 0.6) is 11.5 Å². The van der Waals surface area contributed by atoms with Gasteiger partial charge in [0.15, 0.2) is 22.9 Å². The number of ether oxygens (including phenoxy) is 2. The van der Waals surface area contributed by atoms with Gasteiger partial charge in [-0.15, -0.1) is 0 Å². The second-order valence-corrected chi connectivity index (χ2v) is 8.13. The van der Waals surface area contributed by atoms with Crippen molar-refractivity contribution in [1.29, 1.82) is 0 Å². The van der Waals surface area contributed by atoms with Crippen molar-refractivity contribution in [2.45, 2.75) is 25.7 Å². The minimum atomic E-state index is -0.659. The highest BCUT2D eigenvalue weighted by Gasteiger charge is 2.30. The van der Waals surface area contributed by atoms with Crippen LogP contribution in [0.4, 0.5) is 8.78 Å². The maximum atomic E-state index is 13.8. The zero-order chi connectivity index (χ0) is 23.3. The number of carbonyl (C=O) groups is 1. The van der Waals surface area contributed by atoms with E-state index in [1.807, 2.05) is 25.1 Å². The van der Waals surface area contributed by atoms with Gasteiger partial charge in [-0.1, -0.05) is 6.07 Å². The molecular formula is C25H21F2N3O3. The summed E-state index contributed by atoms with van der Waals surface area (Å²) in [6.45, 7) is 1.87. The van der Waals surface area contributed by atoms with Crippen LogP contribution in [0.3, 0.4) is 0 Å². The Bertz CT molecular complexity index is 1390. The van der Waals surface area contributed by atoms with Crippen molar-refractivity contribution in [3.05, 3.63) is 76.7 Å². The zero-order valence-corrected chi connectivity index (χ0v) is 18.4. The maximum Gasteiger partial charge on any atom is 0.166 e. The van der Waals surface area contributed by atoms with Crippen LogP contribution in [0.1, 0.15) is 39.6 Å². The number of fused-ring (bicyclic) bond motifs is 2. The van der Waals surface area contributed by atoms with Crippen molar-refractivity contribution in [1.82, 2.24) is 14.6 Å². The fraction of sp³-hybridized carbons (Fsp3) is 0.240. The van der Waals surface area contributed by atoms with Gasteiger partial charge in [-0.25, -0.2) is 18.3 Å².